The third-order valence-electron chi connectivity index (χ3n) is 6.20. The van der Waals surface area contributed by atoms with E-state index in [-0.39, 0.29) is 17.2 Å². The normalized spacial score (nSPS) is 17.7. The number of carbonyl (C=O) groups excluding carboxylic acids is 1. The number of anilines is 1. The van der Waals surface area contributed by atoms with Crippen molar-refractivity contribution in [2.45, 2.75) is 52.4 Å². The maximum atomic E-state index is 12.8. The van der Waals surface area contributed by atoms with Gasteiger partial charge in [0, 0.05) is 34.5 Å². The number of H-pyrrole nitrogens is 2. The van der Waals surface area contributed by atoms with Crippen molar-refractivity contribution in [1.29, 1.82) is 0 Å². The first-order valence-corrected chi connectivity index (χ1v) is 9.90. The summed E-state index contributed by atoms with van der Waals surface area (Å²) in [6, 6.07) is 4.51. The highest BCUT2D eigenvalue weighted by Crippen LogP contribution is 2.45. The molecule has 5 rings (SSSR count). The third-order valence-corrected chi connectivity index (χ3v) is 6.20. The Kier molecular flexibility index (Phi) is 3.37. The number of hydrogen-bond acceptors (Lipinski definition) is 2. The molecule has 3 heterocycles. The number of fused-ring (bicyclic) bond motifs is 6. The molecule has 1 aromatic carbocycles. The van der Waals surface area contributed by atoms with Gasteiger partial charge in [0.15, 0.2) is 0 Å². The maximum absolute atomic E-state index is 12.8. The Hall–Kier alpha value is -2.56. The highest BCUT2D eigenvalue weighted by Gasteiger charge is 2.39. The zero-order valence-corrected chi connectivity index (χ0v) is 16.4. The maximum Gasteiger partial charge on any atom is 0.229 e. The fourth-order valence-electron chi connectivity index (χ4n) is 4.77. The van der Waals surface area contributed by atoms with E-state index >= 15 is 0 Å². The molecule has 2 aliphatic rings. The van der Waals surface area contributed by atoms with Gasteiger partial charge in [0.1, 0.15) is 0 Å². The van der Waals surface area contributed by atoms with Crippen molar-refractivity contribution in [3.05, 3.63) is 35.0 Å². The van der Waals surface area contributed by atoms with Gasteiger partial charge in [-0.05, 0) is 48.1 Å². The zero-order valence-electron chi connectivity index (χ0n) is 16.4. The van der Waals surface area contributed by atoms with E-state index in [1.165, 1.54) is 27.8 Å². The van der Waals surface area contributed by atoms with Gasteiger partial charge in [0.2, 0.25) is 5.91 Å². The Bertz CT molecular complexity index is 1070. The quantitative estimate of drug-likeness (QED) is 0.677. The van der Waals surface area contributed by atoms with E-state index < -0.39 is 0 Å². The summed E-state index contributed by atoms with van der Waals surface area (Å²) in [4.78, 5) is 18.5. The Balaban J connectivity index is 1.75. The van der Waals surface area contributed by atoms with Gasteiger partial charge in [0.25, 0.3) is 0 Å². The summed E-state index contributed by atoms with van der Waals surface area (Å²) in [5.74, 6) is 0.206. The number of aromatic amines is 2. The predicted octanol–water partition coefficient (Wildman–Crippen LogP) is 4.33. The van der Waals surface area contributed by atoms with Crippen molar-refractivity contribution in [3.63, 3.8) is 0 Å². The molecule has 27 heavy (non-hydrogen) atoms. The van der Waals surface area contributed by atoms with E-state index in [2.05, 4.69) is 41.2 Å². The molecule has 5 nitrogen and oxygen atoms in total. The molecule has 0 radical (unpaired) electrons. The molecular weight excluding hydrogens is 336 g/mol. The largest absolute Gasteiger partial charge is 0.353 e. The molecule has 0 spiro atoms. The minimum absolute atomic E-state index is 0.00154. The fourth-order valence-corrected chi connectivity index (χ4v) is 4.77. The van der Waals surface area contributed by atoms with E-state index in [1.54, 1.807) is 0 Å². The van der Waals surface area contributed by atoms with Crippen molar-refractivity contribution in [2.75, 3.05) is 11.4 Å². The zero-order chi connectivity index (χ0) is 18.9. The Morgan fingerprint density at radius 2 is 2.04 bits per heavy atom. The van der Waals surface area contributed by atoms with E-state index in [4.69, 9.17) is 0 Å². The lowest BCUT2D eigenvalue weighted by molar-refractivity contribution is -0.121. The lowest BCUT2D eigenvalue weighted by atomic mass is 9.86. The second-order valence-corrected chi connectivity index (χ2v) is 8.98. The van der Waals surface area contributed by atoms with Crippen LogP contribution < -0.4 is 4.90 Å². The Morgan fingerprint density at radius 3 is 2.81 bits per heavy atom. The molecule has 1 amide bonds. The summed E-state index contributed by atoms with van der Waals surface area (Å²) in [6.07, 6.45) is 5.15. The van der Waals surface area contributed by atoms with E-state index in [0.717, 1.165) is 42.7 Å². The third kappa shape index (κ3) is 2.30. The summed E-state index contributed by atoms with van der Waals surface area (Å²) in [7, 11) is 0. The number of rotatable bonds is 1. The van der Waals surface area contributed by atoms with Gasteiger partial charge in [0.05, 0.1) is 17.6 Å². The van der Waals surface area contributed by atoms with Crippen LogP contribution in [-0.4, -0.2) is 27.6 Å². The van der Waals surface area contributed by atoms with Crippen LogP contribution in [0.2, 0.25) is 0 Å². The predicted molar refractivity (Wildman–Crippen MR) is 108 cm³/mol. The molecule has 0 atom stereocenters. The van der Waals surface area contributed by atoms with Crippen molar-refractivity contribution in [3.8, 4) is 11.4 Å². The van der Waals surface area contributed by atoms with Gasteiger partial charge in [-0.15, -0.1) is 0 Å². The first kappa shape index (κ1) is 16.6. The van der Waals surface area contributed by atoms with Crippen LogP contribution in [0.4, 0.5) is 5.69 Å². The van der Waals surface area contributed by atoms with Crippen LogP contribution in [0.25, 0.3) is 22.3 Å². The van der Waals surface area contributed by atoms with Crippen LogP contribution in [0.5, 0.6) is 0 Å². The number of nitrogens with zero attached hydrogens (tertiary/aromatic N) is 2. The molecule has 0 unspecified atom stereocenters. The lowest BCUT2D eigenvalue weighted by Crippen LogP contribution is -2.36. The van der Waals surface area contributed by atoms with Gasteiger partial charge in [-0.25, -0.2) is 0 Å². The summed E-state index contributed by atoms with van der Waals surface area (Å²) in [5.41, 5.74) is 8.37. The molecule has 140 valence electrons. The minimum Gasteiger partial charge on any atom is -0.353 e. The number of hydrogen-bond donors (Lipinski definition) is 2. The van der Waals surface area contributed by atoms with Crippen LogP contribution in [-0.2, 0) is 23.1 Å². The van der Waals surface area contributed by atoms with Gasteiger partial charge < -0.3 is 9.88 Å². The summed E-state index contributed by atoms with van der Waals surface area (Å²) >= 11 is 0. The van der Waals surface area contributed by atoms with Gasteiger partial charge in [-0.1, -0.05) is 27.7 Å². The molecular formula is C22H26N4O. The van der Waals surface area contributed by atoms with Gasteiger partial charge in [-0.2, -0.15) is 5.10 Å². The molecule has 0 saturated heterocycles. The monoisotopic (exact) mass is 362 g/mol. The smallest absolute Gasteiger partial charge is 0.229 e. The first-order valence-electron chi connectivity index (χ1n) is 9.90. The molecule has 3 aromatic rings. The van der Waals surface area contributed by atoms with Crippen LogP contribution in [0.1, 0.15) is 50.8 Å². The van der Waals surface area contributed by atoms with Crippen molar-refractivity contribution in [2.24, 2.45) is 5.92 Å². The first-order chi connectivity index (χ1) is 12.9. The standard InChI is InChI=1S/C22H26N4O/c1-12(2)21(27)26-11-22(3,4)16-9-17-15(8-18(16)26)14-7-5-6-13-10-23-25-19(13)20(14)24-17/h8-10,12,24H,5-7,11H2,1-4H3,(H,23,25). The molecule has 0 fully saturated rings. The average Bonchev–Trinajstić information content (AvgIpc) is 3.25. The van der Waals surface area contributed by atoms with Crippen LogP contribution in [0, 0.1) is 5.92 Å². The highest BCUT2D eigenvalue weighted by molar-refractivity contribution is 6.02. The Morgan fingerprint density at radius 1 is 1.22 bits per heavy atom. The SMILES string of the molecule is CC(C)C(=O)N1CC(C)(C)c2cc3[nH]c4c(c3cc21)CCCc1cn[nH]c1-4. The topological polar surface area (TPSA) is 64.8 Å². The number of amides is 1. The Labute approximate surface area is 159 Å². The highest BCUT2D eigenvalue weighted by atomic mass is 16.2. The molecule has 1 aliphatic heterocycles. The fraction of sp³-hybridized carbons (Fsp3) is 0.455. The average molecular weight is 362 g/mol. The van der Waals surface area contributed by atoms with E-state index in [1.807, 2.05) is 24.9 Å². The molecule has 2 N–H and O–H groups in total. The second-order valence-electron chi connectivity index (χ2n) is 8.98. The summed E-state index contributed by atoms with van der Waals surface area (Å²) < 4.78 is 0. The number of aromatic nitrogens is 3. The van der Waals surface area contributed by atoms with Gasteiger partial charge >= 0.3 is 0 Å². The number of benzene rings is 1. The van der Waals surface area contributed by atoms with Crippen molar-refractivity contribution < 1.29 is 4.79 Å². The summed E-state index contributed by atoms with van der Waals surface area (Å²) in [6.45, 7) is 9.17. The molecule has 1 aliphatic carbocycles. The van der Waals surface area contributed by atoms with E-state index in [9.17, 15) is 4.79 Å². The lowest BCUT2D eigenvalue weighted by Gasteiger charge is -2.22. The molecule has 5 heteroatoms. The van der Waals surface area contributed by atoms with Crippen molar-refractivity contribution in [1.82, 2.24) is 15.2 Å². The number of nitrogens with one attached hydrogen (secondary N) is 2. The second kappa shape index (κ2) is 5.47. The minimum atomic E-state index is -0.0459. The number of aryl methyl sites for hydroxylation is 2. The van der Waals surface area contributed by atoms with E-state index in [0.29, 0.717) is 0 Å². The van der Waals surface area contributed by atoms with Gasteiger partial charge in [-0.3, -0.25) is 9.89 Å². The molecule has 0 saturated carbocycles. The summed E-state index contributed by atoms with van der Waals surface area (Å²) in [5, 5.41) is 8.68. The van der Waals surface area contributed by atoms with Crippen molar-refractivity contribution >= 4 is 22.5 Å². The van der Waals surface area contributed by atoms with Crippen LogP contribution >= 0.6 is 0 Å². The van der Waals surface area contributed by atoms with Crippen LogP contribution in [0.3, 0.4) is 0 Å². The molecule has 0 bridgehead atoms. The molecule has 2 aromatic heterocycles. The van der Waals surface area contributed by atoms with Crippen LogP contribution in [0.15, 0.2) is 18.3 Å². The number of carbonyl (C=O) groups is 1.